The lowest BCUT2D eigenvalue weighted by Crippen LogP contribution is -2.18. The van der Waals surface area contributed by atoms with Crippen molar-refractivity contribution >= 4 is 61.5 Å². The Bertz CT molecular complexity index is 1050. The molecule has 0 spiro atoms. The van der Waals surface area contributed by atoms with Crippen LogP contribution in [0.15, 0.2) is 16.2 Å². The molecule has 136 valence electrons. The molecule has 0 aliphatic carbocycles. The second kappa shape index (κ2) is 7.60. The monoisotopic (exact) mass is 408 g/mol. The van der Waals surface area contributed by atoms with E-state index in [1.807, 2.05) is 13.8 Å². The fourth-order valence-electron chi connectivity index (χ4n) is 2.37. The van der Waals surface area contributed by atoms with Gasteiger partial charge in [0.2, 0.25) is 5.91 Å². The molecule has 0 saturated heterocycles. The minimum Gasteiger partial charge on any atom is -0.366 e. The maximum Gasteiger partial charge on any atom is 0.259 e. The number of rotatable bonds is 6. The molecule has 0 aromatic carbocycles. The van der Waals surface area contributed by atoms with Crippen molar-refractivity contribution in [1.82, 2.24) is 9.97 Å². The summed E-state index contributed by atoms with van der Waals surface area (Å²) in [4.78, 5) is 44.6. The SMILES string of the molecule is Cc1sc2nc(CSCC(=O)Nc3sccc3C(N)=O)[nH]c(=O)c2c1C. The van der Waals surface area contributed by atoms with Gasteiger partial charge in [0, 0.05) is 4.88 Å². The Morgan fingerprint density at radius 2 is 2.15 bits per heavy atom. The summed E-state index contributed by atoms with van der Waals surface area (Å²) >= 11 is 4.06. The minimum atomic E-state index is -0.578. The number of nitrogens with zero attached hydrogens (tertiary/aromatic N) is 1. The number of hydrogen-bond donors (Lipinski definition) is 3. The highest BCUT2D eigenvalue weighted by molar-refractivity contribution is 7.99. The Labute approximate surface area is 161 Å². The van der Waals surface area contributed by atoms with Crippen LogP contribution in [-0.2, 0) is 10.5 Å². The van der Waals surface area contributed by atoms with Gasteiger partial charge in [0.25, 0.3) is 11.5 Å². The average Bonchev–Trinajstić information content (AvgIpc) is 3.12. The largest absolute Gasteiger partial charge is 0.366 e. The van der Waals surface area contributed by atoms with Crippen LogP contribution in [-0.4, -0.2) is 27.5 Å². The number of carbonyl (C=O) groups is 2. The van der Waals surface area contributed by atoms with Crippen molar-refractivity contribution in [3.8, 4) is 0 Å². The third-order valence-corrected chi connectivity index (χ3v) is 6.62. The first-order valence-corrected chi connectivity index (χ1v) is 10.5. The molecule has 0 radical (unpaired) electrons. The predicted octanol–water partition coefficient (Wildman–Crippen LogP) is 2.63. The Hall–Kier alpha value is -2.17. The zero-order valence-corrected chi connectivity index (χ0v) is 16.5. The topological polar surface area (TPSA) is 118 Å². The fraction of sp³-hybridized carbons (Fsp3) is 0.250. The van der Waals surface area contributed by atoms with Crippen molar-refractivity contribution in [2.75, 3.05) is 11.1 Å². The summed E-state index contributed by atoms with van der Waals surface area (Å²) in [5, 5.41) is 5.45. The number of thioether (sulfide) groups is 1. The van der Waals surface area contributed by atoms with Gasteiger partial charge in [-0.15, -0.1) is 34.4 Å². The van der Waals surface area contributed by atoms with Gasteiger partial charge in [0.05, 0.1) is 22.5 Å². The Morgan fingerprint density at radius 3 is 2.88 bits per heavy atom. The fourth-order valence-corrected chi connectivity index (χ4v) is 4.92. The highest BCUT2D eigenvalue weighted by Crippen LogP contribution is 2.26. The summed E-state index contributed by atoms with van der Waals surface area (Å²) in [6.07, 6.45) is 0. The maximum atomic E-state index is 12.2. The molecular formula is C16H16N4O3S3. The molecule has 3 aromatic rings. The summed E-state index contributed by atoms with van der Waals surface area (Å²) in [5.74, 6) is 0.287. The smallest absolute Gasteiger partial charge is 0.259 e. The average molecular weight is 409 g/mol. The lowest BCUT2D eigenvalue weighted by Gasteiger charge is -2.05. The molecule has 0 aliphatic heterocycles. The normalized spacial score (nSPS) is 11.0. The molecule has 3 rings (SSSR count). The van der Waals surface area contributed by atoms with Crippen molar-refractivity contribution in [3.05, 3.63) is 43.6 Å². The van der Waals surface area contributed by atoms with Gasteiger partial charge in [-0.1, -0.05) is 0 Å². The summed E-state index contributed by atoms with van der Waals surface area (Å²) in [6, 6.07) is 1.57. The van der Waals surface area contributed by atoms with Crippen LogP contribution in [0.1, 0.15) is 26.6 Å². The molecule has 0 fully saturated rings. The van der Waals surface area contributed by atoms with Gasteiger partial charge in [0.15, 0.2) is 0 Å². The van der Waals surface area contributed by atoms with Crippen molar-refractivity contribution in [2.45, 2.75) is 19.6 Å². The first-order valence-electron chi connectivity index (χ1n) is 7.60. The van der Waals surface area contributed by atoms with Crippen LogP contribution < -0.4 is 16.6 Å². The number of amides is 2. The number of anilines is 1. The predicted molar refractivity (Wildman–Crippen MR) is 107 cm³/mol. The minimum absolute atomic E-state index is 0.151. The Kier molecular flexibility index (Phi) is 5.44. The molecule has 26 heavy (non-hydrogen) atoms. The number of aryl methyl sites for hydroxylation is 2. The molecular weight excluding hydrogens is 392 g/mol. The molecule has 0 bridgehead atoms. The van der Waals surface area contributed by atoms with E-state index >= 15 is 0 Å². The van der Waals surface area contributed by atoms with E-state index in [4.69, 9.17) is 5.73 Å². The second-order valence-corrected chi connectivity index (χ2v) is 8.65. The molecule has 3 heterocycles. The van der Waals surface area contributed by atoms with Crippen LogP contribution in [0, 0.1) is 13.8 Å². The third kappa shape index (κ3) is 3.81. The lowest BCUT2D eigenvalue weighted by molar-refractivity contribution is -0.113. The first kappa shape index (κ1) is 18.6. The quantitative estimate of drug-likeness (QED) is 0.579. The van der Waals surface area contributed by atoms with Gasteiger partial charge in [0.1, 0.15) is 15.7 Å². The maximum absolute atomic E-state index is 12.2. The number of H-pyrrole nitrogens is 1. The second-order valence-electron chi connectivity index (χ2n) is 5.54. The molecule has 3 aromatic heterocycles. The van der Waals surface area contributed by atoms with Crippen LogP contribution in [0.25, 0.3) is 10.2 Å². The van der Waals surface area contributed by atoms with Crippen molar-refractivity contribution in [1.29, 1.82) is 0 Å². The van der Waals surface area contributed by atoms with E-state index in [1.54, 1.807) is 11.4 Å². The lowest BCUT2D eigenvalue weighted by atomic mass is 10.2. The van der Waals surface area contributed by atoms with E-state index in [1.165, 1.54) is 34.4 Å². The van der Waals surface area contributed by atoms with Crippen molar-refractivity contribution in [3.63, 3.8) is 0 Å². The van der Waals surface area contributed by atoms with E-state index in [0.29, 0.717) is 32.4 Å². The highest BCUT2D eigenvalue weighted by atomic mass is 32.2. The van der Waals surface area contributed by atoms with Crippen LogP contribution >= 0.6 is 34.4 Å². The molecule has 10 heteroatoms. The zero-order chi connectivity index (χ0) is 18.8. The summed E-state index contributed by atoms with van der Waals surface area (Å²) in [5.41, 5.74) is 6.36. The molecule has 0 saturated carbocycles. The van der Waals surface area contributed by atoms with Crippen LogP contribution in [0.5, 0.6) is 0 Å². The summed E-state index contributed by atoms with van der Waals surface area (Å²) in [7, 11) is 0. The van der Waals surface area contributed by atoms with Gasteiger partial charge in [-0.05, 0) is 30.9 Å². The number of aromatic amines is 1. The van der Waals surface area contributed by atoms with E-state index in [2.05, 4.69) is 15.3 Å². The van der Waals surface area contributed by atoms with E-state index in [9.17, 15) is 14.4 Å². The Balaban J connectivity index is 1.62. The van der Waals surface area contributed by atoms with Crippen molar-refractivity contribution < 1.29 is 9.59 Å². The number of hydrogen-bond acceptors (Lipinski definition) is 7. The Morgan fingerprint density at radius 1 is 1.38 bits per heavy atom. The molecule has 2 amide bonds. The van der Waals surface area contributed by atoms with Gasteiger partial charge < -0.3 is 16.0 Å². The number of thiophene rings is 2. The molecule has 7 nitrogen and oxygen atoms in total. The molecule has 4 N–H and O–H groups in total. The van der Waals surface area contributed by atoms with Crippen LogP contribution in [0.4, 0.5) is 5.00 Å². The van der Waals surface area contributed by atoms with E-state index < -0.39 is 5.91 Å². The first-order chi connectivity index (χ1) is 12.4. The van der Waals surface area contributed by atoms with Crippen molar-refractivity contribution in [2.24, 2.45) is 5.73 Å². The standard InChI is InChI=1S/C16H16N4O3S3/c1-7-8(2)26-16-12(7)14(23)18-10(19-16)5-24-6-11(21)20-15-9(13(17)22)3-4-25-15/h3-4H,5-6H2,1-2H3,(H2,17,22)(H,20,21)(H,18,19,23). The number of aromatic nitrogens is 2. The number of nitrogens with two attached hydrogens (primary N) is 1. The van der Waals surface area contributed by atoms with Crippen LogP contribution in [0.3, 0.4) is 0 Å². The summed E-state index contributed by atoms with van der Waals surface area (Å²) < 4.78 is 0. The zero-order valence-electron chi connectivity index (χ0n) is 14.0. The highest BCUT2D eigenvalue weighted by Gasteiger charge is 2.14. The molecule has 0 atom stereocenters. The van der Waals surface area contributed by atoms with E-state index in [-0.39, 0.29) is 17.2 Å². The number of primary amides is 1. The van der Waals surface area contributed by atoms with Gasteiger partial charge in [-0.2, -0.15) is 0 Å². The molecule has 0 aliphatic rings. The third-order valence-electron chi connectivity index (χ3n) is 3.74. The van der Waals surface area contributed by atoms with Gasteiger partial charge >= 0.3 is 0 Å². The number of nitrogens with one attached hydrogen (secondary N) is 2. The number of fused-ring (bicyclic) bond motifs is 1. The summed E-state index contributed by atoms with van der Waals surface area (Å²) in [6.45, 7) is 3.87. The number of carbonyl (C=O) groups excluding carboxylic acids is 2. The van der Waals surface area contributed by atoms with Gasteiger partial charge in [-0.25, -0.2) is 4.98 Å². The van der Waals surface area contributed by atoms with Crippen LogP contribution in [0.2, 0.25) is 0 Å². The van der Waals surface area contributed by atoms with Gasteiger partial charge in [-0.3, -0.25) is 14.4 Å². The van der Waals surface area contributed by atoms with E-state index in [0.717, 1.165) is 10.4 Å². The molecule has 0 unspecified atom stereocenters.